The number of carbonyl (C=O) groups is 1. The van der Waals surface area contributed by atoms with Crippen molar-refractivity contribution >= 4 is 5.91 Å². The zero-order valence-corrected chi connectivity index (χ0v) is 20.7. The molecule has 0 aliphatic heterocycles. The summed E-state index contributed by atoms with van der Waals surface area (Å²) < 4.78 is 0. The number of aliphatic hydroxyl groups is 3. The van der Waals surface area contributed by atoms with Gasteiger partial charge < -0.3 is 20.6 Å². The Morgan fingerprint density at radius 3 is 2.41 bits per heavy atom. The molecule has 5 nitrogen and oxygen atoms in total. The fraction of sp³-hybridized carbons (Fsp3) is 0.963. The van der Waals surface area contributed by atoms with Crippen LogP contribution in [0.4, 0.5) is 0 Å². The van der Waals surface area contributed by atoms with Crippen LogP contribution >= 0.6 is 0 Å². The molecule has 4 aliphatic carbocycles. The van der Waals surface area contributed by atoms with Crippen molar-refractivity contribution in [3.8, 4) is 0 Å². The van der Waals surface area contributed by atoms with Crippen LogP contribution in [-0.4, -0.2) is 46.6 Å². The van der Waals surface area contributed by atoms with E-state index in [0.29, 0.717) is 54.4 Å². The summed E-state index contributed by atoms with van der Waals surface area (Å²) in [6, 6.07) is 0. The highest BCUT2D eigenvalue weighted by molar-refractivity contribution is 5.76. The van der Waals surface area contributed by atoms with Crippen molar-refractivity contribution in [3.63, 3.8) is 0 Å². The molecule has 32 heavy (non-hydrogen) atoms. The van der Waals surface area contributed by atoms with E-state index in [1.807, 2.05) is 0 Å². The third-order valence-electron chi connectivity index (χ3n) is 11.1. The number of hydrogen-bond donors (Lipinski definition) is 4. The monoisotopic (exact) mass is 449 g/mol. The second-order valence-electron chi connectivity index (χ2n) is 12.4. The summed E-state index contributed by atoms with van der Waals surface area (Å²) in [6.07, 6.45) is 8.61. The molecule has 4 N–H and O–H groups in total. The molecule has 4 rings (SSSR count). The van der Waals surface area contributed by atoms with Gasteiger partial charge in [0.05, 0.1) is 18.8 Å². The minimum Gasteiger partial charge on any atom is -0.395 e. The first-order valence-electron chi connectivity index (χ1n) is 13.4. The Bertz CT molecular complexity index is 685. The standard InChI is InChI=1S/C27H47NO4/c1-5-18-22-15-17(30)8-10-27(22,4)21-9-11-26(3)19(6-7-20(26)24(21)25(18)32)16(2)14-23(31)28-12-13-29/h16-22,24-25,29-30,32H,5-15H2,1-4H3,(H,28,31)/t16-,17-,18-,19?,20?,21?,22?,24?,25-,26?,27?/m1/s1. The molecule has 0 heterocycles. The average Bonchev–Trinajstić information content (AvgIpc) is 3.11. The maximum Gasteiger partial charge on any atom is 0.220 e. The van der Waals surface area contributed by atoms with Gasteiger partial charge in [-0.15, -0.1) is 0 Å². The van der Waals surface area contributed by atoms with Crippen molar-refractivity contribution < 1.29 is 20.1 Å². The van der Waals surface area contributed by atoms with Gasteiger partial charge in [-0.25, -0.2) is 0 Å². The van der Waals surface area contributed by atoms with Gasteiger partial charge in [-0.2, -0.15) is 0 Å². The van der Waals surface area contributed by atoms with Gasteiger partial charge in [0.15, 0.2) is 0 Å². The molecule has 4 saturated carbocycles. The zero-order chi connectivity index (χ0) is 23.3. The smallest absolute Gasteiger partial charge is 0.220 e. The highest BCUT2D eigenvalue weighted by Gasteiger charge is 2.64. The number of aliphatic hydroxyl groups excluding tert-OH is 3. The highest BCUT2D eigenvalue weighted by Crippen LogP contribution is 2.69. The molecule has 0 bridgehead atoms. The first kappa shape index (κ1) is 24.5. The van der Waals surface area contributed by atoms with Gasteiger partial charge in [0.1, 0.15) is 0 Å². The fourth-order valence-corrected chi connectivity index (χ4v) is 9.63. The maximum atomic E-state index is 12.3. The Kier molecular flexibility index (Phi) is 7.03. The van der Waals surface area contributed by atoms with E-state index in [1.165, 1.54) is 19.3 Å². The van der Waals surface area contributed by atoms with E-state index in [4.69, 9.17) is 5.11 Å². The molecule has 0 spiro atoms. The van der Waals surface area contributed by atoms with Crippen LogP contribution < -0.4 is 5.32 Å². The second kappa shape index (κ2) is 9.19. The third-order valence-corrected chi connectivity index (χ3v) is 11.1. The zero-order valence-electron chi connectivity index (χ0n) is 20.7. The minimum atomic E-state index is -0.264. The molecule has 0 saturated heterocycles. The molecule has 5 heteroatoms. The van der Waals surface area contributed by atoms with Gasteiger partial charge >= 0.3 is 0 Å². The van der Waals surface area contributed by atoms with E-state index in [0.717, 1.165) is 32.1 Å². The molecular formula is C27H47NO4. The lowest BCUT2D eigenvalue weighted by Crippen LogP contribution is -2.62. The SMILES string of the molecule is CC[C@@H]1C2C[C@H](O)CCC2(C)C2CCC3(C)C(CCC3[C@H](C)CC(=O)NCCO)C2[C@@H]1O. The molecule has 4 fully saturated rings. The lowest BCUT2D eigenvalue weighted by Gasteiger charge is -2.64. The number of rotatable bonds is 6. The Hall–Kier alpha value is -0.650. The summed E-state index contributed by atoms with van der Waals surface area (Å²) in [5.41, 5.74) is 0.424. The summed E-state index contributed by atoms with van der Waals surface area (Å²) in [5.74, 6) is 3.04. The Morgan fingerprint density at radius 1 is 1.03 bits per heavy atom. The molecule has 11 atom stereocenters. The van der Waals surface area contributed by atoms with Crippen LogP contribution in [-0.2, 0) is 4.79 Å². The summed E-state index contributed by atoms with van der Waals surface area (Å²) in [4.78, 5) is 12.3. The van der Waals surface area contributed by atoms with E-state index >= 15 is 0 Å². The summed E-state index contributed by atoms with van der Waals surface area (Å²) in [7, 11) is 0. The molecule has 0 radical (unpaired) electrons. The first-order valence-corrected chi connectivity index (χ1v) is 13.4. The lowest BCUT2D eigenvalue weighted by molar-refractivity contribution is -0.203. The Balaban J connectivity index is 1.56. The van der Waals surface area contributed by atoms with Crippen LogP contribution in [0.5, 0.6) is 0 Å². The van der Waals surface area contributed by atoms with E-state index in [-0.39, 0.29) is 35.6 Å². The molecule has 184 valence electrons. The van der Waals surface area contributed by atoms with Crippen molar-refractivity contribution in [1.82, 2.24) is 5.32 Å². The lowest BCUT2D eigenvalue weighted by atomic mass is 9.41. The molecular weight excluding hydrogens is 402 g/mol. The number of hydrogen-bond acceptors (Lipinski definition) is 4. The van der Waals surface area contributed by atoms with Crippen molar-refractivity contribution in [2.45, 2.75) is 97.7 Å². The van der Waals surface area contributed by atoms with Gasteiger partial charge in [-0.05, 0) is 97.2 Å². The van der Waals surface area contributed by atoms with Crippen molar-refractivity contribution in [2.75, 3.05) is 13.2 Å². The van der Waals surface area contributed by atoms with Crippen LogP contribution in [0.2, 0.25) is 0 Å². The van der Waals surface area contributed by atoms with Crippen LogP contribution in [0.1, 0.15) is 85.5 Å². The Labute approximate surface area is 194 Å². The average molecular weight is 450 g/mol. The molecule has 4 aliphatic rings. The van der Waals surface area contributed by atoms with E-state index in [9.17, 15) is 15.0 Å². The molecule has 0 aromatic rings. The topological polar surface area (TPSA) is 89.8 Å². The van der Waals surface area contributed by atoms with Crippen LogP contribution in [0, 0.1) is 52.3 Å². The van der Waals surface area contributed by atoms with Crippen molar-refractivity contribution in [2.24, 2.45) is 52.3 Å². The van der Waals surface area contributed by atoms with Crippen molar-refractivity contribution in [1.29, 1.82) is 0 Å². The number of nitrogens with one attached hydrogen (secondary N) is 1. The van der Waals surface area contributed by atoms with E-state index < -0.39 is 0 Å². The number of fused-ring (bicyclic) bond motifs is 5. The maximum absolute atomic E-state index is 12.3. The fourth-order valence-electron chi connectivity index (χ4n) is 9.63. The van der Waals surface area contributed by atoms with Gasteiger partial charge in [-0.3, -0.25) is 4.79 Å². The largest absolute Gasteiger partial charge is 0.395 e. The Morgan fingerprint density at radius 2 is 1.72 bits per heavy atom. The predicted octanol–water partition coefficient (Wildman–Crippen LogP) is 3.75. The van der Waals surface area contributed by atoms with Gasteiger partial charge in [0.2, 0.25) is 5.91 Å². The second-order valence-corrected chi connectivity index (χ2v) is 12.4. The van der Waals surface area contributed by atoms with Gasteiger partial charge in [0.25, 0.3) is 0 Å². The quantitative estimate of drug-likeness (QED) is 0.497. The van der Waals surface area contributed by atoms with Crippen LogP contribution in [0.15, 0.2) is 0 Å². The van der Waals surface area contributed by atoms with Crippen molar-refractivity contribution in [3.05, 3.63) is 0 Å². The highest BCUT2D eigenvalue weighted by atomic mass is 16.3. The van der Waals surface area contributed by atoms with Crippen LogP contribution in [0.3, 0.4) is 0 Å². The van der Waals surface area contributed by atoms with Crippen LogP contribution in [0.25, 0.3) is 0 Å². The molecule has 7 unspecified atom stereocenters. The van der Waals surface area contributed by atoms with Gasteiger partial charge in [-0.1, -0.05) is 34.1 Å². The summed E-state index contributed by atoms with van der Waals surface area (Å²) >= 11 is 0. The summed E-state index contributed by atoms with van der Waals surface area (Å²) in [5, 5.41) is 34.0. The molecule has 0 aromatic heterocycles. The molecule has 0 aromatic carbocycles. The predicted molar refractivity (Wildman–Crippen MR) is 126 cm³/mol. The first-order chi connectivity index (χ1) is 15.2. The van der Waals surface area contributed by atoms with E-state index in [2.05, 4.69) is 33.0 Å². The number of carbonyl (C=O) groups excluding carboxylic acids is 1. The normalized spacial score (nSPS) is 49.0. The number of amides is 1. The third kappa shape index (κ3) is 3.84. The summed E-state index contributed by atoms with van der Waals surface area (Å²) in [6.45, 7) is 9.72. The minimum absolute atomic E-state index is 0.0142. The molecule has 1 amide bonds. The van der Waals surface area contributed by atoms with E-state index in [1.54, 1.807) is 0 Å². The van der Waals surface area contributed by atoms with Gasteiger partial charge in [0, 0.05) is 13.0 Å².